The zero-order valence-electron chi connectivity index (χ0n) is 14.9. The van der Waals surface area contributed by atoms with E-state index in [0.29, 0.717) is 27.9 Å². The predicted molar refractivity (Wildman–Crippen MR) is 102 cm³/mol. The van der Waals surface area contributed by atoms with E-state index in [1.165, 1.54) is 20.3 Å². The topological polar surface area (TPSA) is 76.7 Å². The normalized spacial score (nSPS) is 10.2. The van der Waals surface area contributed by atoms with Crippen molar-refractivity contribution in [2.45, 2.75) is 19.8 Å². The fourth-order valence-electron chi connectivity index (χ4n) is 2.44. The van der Waals surface area contributed by atoms with Gasteiger partial charge in [-0.15, -0.1) is 0 Å². The van der Waals surface area contributed by atoms with E-state index < -0.39 is 11.8 Å². The van der Waals surface area contributed by atoms with E-state index in [1.54, 1.807) is 6.07 Å². The standard InChI is InChI=1S/C19H21ClN2O4/c1-4-12-7-5-6-8-14(12)21-18(23)11-19(24)22-15-10-16(25-2)13(20)9-17(15)26-3/h5-10H,4,11H2,1-3H3,(H,21,23)(H,22,24). The minimum Gasteiger partial charge on any atom is -0.495 e. The first-order chi connectivity index (χ1) is 12.5. The molecule has 0 aliphatic heterocycles. The van der Waals surface area contributed by atoms with E-state index in [2.05, 4.69) is 10.6 Å². The van der Waals surface area contributed by atoms with Crippen LogP contribution in [0.1, 0.15) is 18.9 Å². The van der Waals surface area contributed by atoms with Gasteiger partial charge in [-0.2, -0.15) is 0 Å². The Morgan fingerprint density at radius 3 is 2.19 bits per heavy atom. The van der Waals surface area contributed by atoms with E-state index in [0.717, 1.165) is 12.0 Å². The molecule has 2 amide bonds. The molecular weight excluding hydrogens is 356 g/mol. The van der Waals surface area contributed by atoms with Crippen molar-refractivity contribution in [1.82, 2.24) is 0 Å². The van der Waals surface area contributed by atoms with Crippen LogP contribution in [-0.2, 0) is 16.0 Å². The summed E-state index contributed by atoms with van der Waals surface area (Å²) in [4.78, 5) is 24.4. The Hall–Kier alpha value is -2.73. The van der Waals surface area contributed by atoms with Gasteiger partial charge in [-0.3, -0.25) is 9.59 Å². The van der Waals surface area contributed by atoms with E-state index in [1.807, 2.05) is 31.2 Å². The monoisotopic (exact) mass is 376 g/mol. The highest BCUT2D eigenvalue weighted by Crippen LogP contribution is 2.35. The lowest BCUT2D eigenvalue weighted by Crippen LogP contribution is -2.22. The maximum atomic E-state index is 12.2. The summed E-state index contributed by atoms with van der Waals surface area (Å²) in [5.74, 6) is -0.104. The highest BCUT2D eigenvalue weighted by molar-refractivity contribution is 6.32. The Kier molecular flexibility index (Phi) is 6.86. The van der Waals surface area contributed by atoms with Crippen molar-refractivity contribution in [2.24, 2.45) is 0 Å². The second kappa shape index (κ2) is 9.10. The molecule has 0 radical (unpaired) electrons. The molecule has 0 fully saturated rings. The highest BCUT2D eigenvalue weighted by atomic mass is 35.5. The van der Waals surface area contributed by atoms with Gasteiger partial charge >= 0.3 is 0 Å². The van der Waals surface area contributed by atoms with Crippen molar-refractivity contribution < 1.29 is 19.1 Å². The number of hydrogen-bond acceptors (Lipinski definition) is 4. The van der Waals surface area contributed by atoms with Crippen molar-refractivity contribution in [3.05, 3.63) is 47.0 Å². The van der Waals surface area contributed by atoms with Gasteiger partial charge in [-0.25, -0.2) is 0 Å². The summed E-state index contributed by atoms with van der Waals surface area (Å²) >= 11 is 6.04. The SMILES string of the molecule is CCc1ccccc1NC(=O)CC(=O)Nc1cc(OC)c(Cl)cc1OC. The molecule has 0 aliphatic rings. The fraction of sp³-hybridized carbons (Fsp3) is 0.263. The van der Waals surface area contributed by atoms with E-state index in [-0.39, 0.29) is 6.42 Å². The van der Waals surface area contributed by atoms with Gasteiger partial charge in [-0.05, 0) is 18.1 Å². The van der Waals surface area contributed by atoms with Gasteiger partial charge in [0.15, 0.2) is 0 Å². The number of hydrogen-bond donors (Lipinski definition) is 2. The van der Waals surface area contributed by atoms with E-state index in [4.69, 9.17) is 21.1 Å². The second-order valence-electron chi connectivity index (χ2n) is 5.47. The summed E-state index contributed by atoms with van der Waals surface area (Å²) < 4.78 is 10.3. The summed E-state index contributed by atoms with van der Waals surface area (Å²) in [6.45, 7) is 2.00. The minimum atomic E-state index is -0.473. The van der Waals surface area contributed by atoms with Crippen LogP contribution in [0.5, 0.6) is 11.5 Å². The number of nitrogens with one attached hydrogen (secondary N) is 2. The van der Waals surface area contributed by atoms with Crippen molar-refractivity contribution in [2.75, 3.05) is 24.9 Å². The molecule has 2 aromatic carbocycles. The molecule has 0 saturated heterocycles. The average molecular weight is 377 g/mol. The van der Waals surface area contributed by atoms with E-state index in [9.17, 15) is 9.59 Å². The maximum Gasteiger partial charge on any atom is 0.233 e. The smallest absolute Gasteiger partial charge is 0.233 e. The van der Waals surface area contributed by atoms with Crippen molar-refractivity contribution in [3.63, 3.8) is 0 Å². The minimum absolute atomic E-state index is 0.327. The average Bonchev–Trinajstić information content (AvgIpc) is 2.63. The van der Waals surface area contributed by atoms with Crippen LogP contribution in [0, 0.1) is 0 Å². The number of ether oxygens (including phenoxy) is 2. The number of aryl methyl sites for hydroxylation is 1. The van der Waals surface area contributed by atoms with Gasteiger partial charge in [0.05, 0.1) is 24.9 Å². The van der Waals surface area contributed by atoms with Crippen LogP contribution < -0.4 is 20.1 Å². The third kappa shape index (κ3) is 4.89. The lowest BCUT2D eigenvalue weighted by Gasteiger charge is -2.13. The Morgan fingerprint density at radius 2 is 1.58 bits per heavy atom. The first kappa shape index (κ1) is 19.6. The third-order valence-electron chi connectivity index (χ3n) is 3.74. The number of rotatable bonds is 7. The summed E-state index contributed by atoms with van der Waals surface area (Å²) in [6.07, 6.45) is 0.455. The molecule has 138 valence electrons. The van der Waals surface area contributed by atoms with Gasteiger partial charge in [0, 0.05) is 17.8 Å². The summed E-state index contributed by atoms with van der Waals surface area (Å²) in [7, 11) is 2.93. The molecule has 0 heterocycles. The number of para-hydroxylation sites is 1. The molecule has 6 nitrogen and oxygen atoms in total. The first-order valence-electron chi connectivity index (χ1n) is 8.07. The Balaban J connectivity index is 2.05. The van der Waals surface area contributed by atoms with Gasteiger partial charge in [0.2, 0.25) is 11.8 Å². The Bertz CT molecular complexity index is 808. The van der Waals surface area contributed by atoms with Crippen LogP contribution >= 0.6 is 11.6 Å². The van der Waals surface area contributed by atoms with Gasteiger partial charge in [0.1, 0.15) is 17.9 Å². The Morgan fingerprint density at radius 1 is 0.962 bits per heavy atom. The lowest BCUT2D eigenvalue weighted by atomic mass is 10.1. The molecule has 26 heavy (non-hydrogen) atoms. The molecule has 2 rings (SSSR count). The van der Waals surface area contributed by atoms with Crippen molar-refractivity contribution in [3.8, 4) is 11.5 Å². The summed E-state index contributed by atoms with van der Waals surface area (Å²) in [5, 5.41) is 5.76. The molecule has 0 aromatic heterocycles. The van der Waals surface area contributed by atoms with Crippen LogP contribution in [0.3, 0.4) is 0 Å². The van der Waals surface area contributed by atoms with Crippen LogP contribution in [0.25, 0.3) is 0 Å². The Labute approximate surface area is 157 Å². The third-order valence-corrected chi connectivity index (χ3v) is 4.04. The maximum absolute atomic E-state index is 12.2. The van der Waals surface area contributed by atoms with Gasteiger partial charge in [0.25, 0.3) is 0 Å². The number of amides is 2. The number of methoxy groups -OCH3 is 2. The number of benzene rings is 2. The fourth-order valence-corrected chi connectivity index (χ4v) is 2.67. The molecular formula is C19H21ClN2O4. The van der Waals surface area contributed by atoms with Crippen LogP contribution in [0.15, 0.2) is 36.4 Å². The number of carbonyl (C=O) groups excluding carboxylic acids is 2. The zero-order valence-corrected chi connectivity index (χ0v) is 15.6. The molecule has 0 saturated carbocycles. The molecule has 7 heteroatoms. The predicted octanol–water partition coefficient (Wildman–Crippen LogP) is 3.89. The lowest BCUT2D eigenvalue weighted by molar-refractivity contribution is -0.123. The van der Waals surface area contributed by atoms with E-state index >= 15 is 0 Å². The van der Waals surface area contributed by atoms with Gasteiger partial charge in [-0.1, -0.05) is 36.7 Å². The quantitative estimate of drug-likeness (QED) is 0.719. The highest BCUT2D eigenvalue weighted by Gasteiger charge is 2.15. The molecule has 0 aliphatic carbocycles. The van der Waals surface area contributed by atoms with Crippen LogP contribution in [0.4, 0.5) is 11.4 Å². The molecule has 2 N–H and O–H groups in total. The molecule has 0 spiro atoms. The first-order valence-corrected chi connectivity index (χ1v) is 8.45. The van der Waals surface area contributed by atoms with Crippen molar-refractivity contribution in [1.29, 1.82) is 0 Å². The second-order valence-corrected chi connectivity index (χ2v) is 5.88. The van der Waals surface area contributed by atoms with Crippen LogP contribution in [0.2, 0.25) is 5.02 Å². The largest absolute Gasteiger partial charge is 0.495 e. The van der Waals surface area contributed by atoms with Crippen molar-refractivity contribution >= 4 is 34.8 Å². The molecule has 2 aromatic rings. The number of halogens is 1. The van der Waals surface area contributed by atoms with Gasteiger partial charge < -0.3 is 20.1 Å². The summed E-state index contributed by atoms with van der Waals surface area (Å²) in [6, 6.07) is 10.6. The molecule has 0 atom stereocenters. The molecule has 0 bridgehead atoms. The number of carbonyl (C=O) groups is 2. The molecule has 0 unspecified atom stereocenters. The van der Waals surface area contributed by atoms with Crippen LogP contribution in [-0.4, -0.2) is 26.0 Å². The number of anilines is 2. The summed E-state index contributed by atoms with van der Waals surface area (Å²) in [5.41, 5.74) is 2.09. The zero-order chi connectivity index (χ0) is 19.1.